The van der Waals surface area contributed by atoms with Crippen LogP contribution in [0.3, 0.4) is 0 Å². The minimum Gasteiger partial charge on any atom is -0.171 e. The predicted molar refractivity (Wildman–Crippen MR) is 99.5 cm³/mol. The van der Waals surface area contributed by atoms with E-state index in [4.69, 9.17) is 0 Å². The molecule has 3 heteroatoms. The van der Waals surface area contributed by atoms with E-state index in [1.165, 1.54) is 57.8 Å². The van der Waals surface area contributed by atoms with Crippen LogP contribution >= 0.6 is 0 Å². The highest BCUT2D eigenvalue weighted by Gasteiger charge is 2.38. The Bertz CT molecular complexity index is 371. The second kappa shape index (κ2) is 10.6. The van der Waals surface area contributed by atoms with Gasteiger partial charge in [0.05, 0.1) is 5.92 Å². The second-order valence-electron chi connectivity index (χ2n) is 8.47. The van der Waals surface area contributed by atoms with Gasteiger partial charge in [0.2, 0.25) is 0 Å². The molecule has 146 valence electrons. The summed E-state index contributed by atoms with van der Waals surface area (Å²) in [4.78, 5) is 0. The average Bonchev–Trinajstić information content (AvgIpc) is 2.61. The Kier molecular flexibility index (Phi) is 8.85. The standard InChI is InChI=1S/C22H37F3/c1-2-3-5-12-21(22(23,24)25)13-8-9-18-14-16-20(17-15-18)19-10-6-4-7-11-19/h8-9,18-21H,2-7,10-17H2,1H3/t18-,20-,21?. The van der Waals surface area contributed by atoms with Crippen molar-refractivity contribution >= 4 is 0 Å². The molecule has 2 fully saturated rings. The van der Waals surface area contributed by atoms with Crippen molar-refractivity contribution in [2.24, 2.45) is 23.7 Å². The highest BCUT2D eigenvalue weighted by atomic mass is 19.4. The first kappa shape index (κ1) is 20.8. The van der Waals surface area contributed by atoms with Crippen LogP contribution < -0.4 is 0 Å². The van der Waals surface area contributed by atoms with E-state index in [1.54, 1.807) is 0 Å². The van der Waals surface area contributed by atoms with Crippen molar-refractivity contribution in [3.05, 3.63) is 12.2 Å². The maximum Gasteiger partial charge on any atom is 0.392 e. The van der Waals surface area contributed by atoms with E-state index in [1.807, 2.05) is 13.0 Å². The van der Waals surface area contributed by atoms with Crippen LogP contribution in [0.4, 0.5) is 13.2 Å². The maximum atomic E-state index is 13.1. The van der Waals surface area contributed by atoms with Gasteiger partial charge in [0.25, 0.3) is 0 Å². The van der Waals surface area contributed by atoms with Crippen LogP contribution in [-0.4, -0.2) is 6.18 Å². The summed E-state index contributed by atoms with van der Waals surface area (Å²) in [6.07, 6.45) is 14.9. The van der Waals surface area contributed by atoms with Crippen LogP contribution in [0.1, 0.15) is 96.8 Å². The van der Waals surface area contributed by atoms with Gasteiger partial charge in [-0.15, -0.1) is 0 Å². The molecule has 2 saturated carbocycles. The summed E-state index contributed by atoms with van der Waals surface area (Å²) in [5.41, 5.74) is 0. The summed E-state index contributed by atoms with van der Waals surface area (Å²) in [6, 6.07) is 0. The van der Waals surface area contributed by atoms with E-state index in [9.17, 15) is 13.2 Å². The van der Waals surface area contributed by atoms with E-state index in [-0.39, 0.29) is 12.8 Å². The van der Waals surface area contributed by atoms with E-state index >= 15 is 0 Å². The summed E-state index contributed by atoms with van der Waals surface area (Å²) >= 11 is 0. The second-order valence-corrected chi connectivity index (χ2v) is 8.47. The molecule has 0 nitrogen and oxygen atoms in total. The van der Waals surface area contributed by atoms with Crippen molar-refractivity contribution in [1.82, 2.24) is 0 Å². The number of alkyl halides is 3. The van der Waals surface area contributed by atoms with Crippen LogP contribution in [0.5, 0.6) is 0 Å². The molecule has 0 amide bonds. The van der Waals surface area contributed by atoms with Crippen LogP contribution in [-0.2, 0) is 0 Å². The number of hydrogen-bond donors (Lipinski definition) is 0. The minimum absolute atomic E-state index is 0.176. The van der Waals surface area contributed by atoms with Crippen molar-refractivity contribution in [1.29, 1.82) is 0 Å². The van der Waals surface area contributed by atoms with Crippen LogP contribution in [0.25, 0.3) is 0 Å². The highest BCUT2D eigenvalue weighted by Crippen LogP contribution is 2.40. The Morgan fingerprint density at radius 1 is 0.880 bits per heavy atom. The number of unbranched alkanes of at least 4 members (excludes halogenated alkanes) is 2. The van der Waals surface area contributed by atoms with Crippen molar-refractivity contribution in [2.45, 2.75) is 103 Å². The van der Waals surface area contributed by atoms with Crippen LogP contribution in [0.15, 0.2) is 12.2 Å². The normalized spacial score (nSPS) is 27.7. The quantitative estimate of drug-likeness (QED) is 0.304. The summed E-state index contributed by atoms with van der Waals surface area (Å²) < 4.78 is 39.4. The predicted octanol–water partition coefficient (Wildman–Crippen LogP) is 8.08. The fourth-order valence-corrected chi connectivity index (χ4v) is 4.91. The summed E-state index contributed by atoms with van der Waals surface area (Å²) in [5.74, 6) is 1.20. The van der Waals surface area contributed by atoms with Gasteiger partial charge in [-0.1, -0.05) is 70.4 Å². The first-order chi connectivity index (χ1) is 12.0. The van der Waals surface area contributed by atoms with Gasteiger partial charge in [0.1, 0.15) is 0 Å². The van der Waals surface area contributed by atoms with Gasteiger partial charge >= 0.3 is 6.18 Å². The molecule has 1 atom stereocenters. The zero-order chi connectivity index (χ0) is 18.1. The molecular weight excluding hydrogens is 321 g/mol. The van der Waals surface area contributed by atoms with Crippen molar-refractivity contribution in [3.8, 4) is 0 Å². The fraction of sp³-hybridized carbons (Fsp3) is 0.909. The number of halogens is 3. The molecule has 0 radical (unpaired) electrons. The molecule has 0 bridgehead atoms. The SMILES string of the molecule is CCCCCC(CC=C[C@H]1CC[C@H](C2CCCCC2)CC1)C(F)(F)F. The van der Waals surface area contributed by atoms with Crippen molar-refractivity contribution < 1.29 is 13.2 Å². The monoisotopic (exact) mass is 358 g/mol. The minimum atomic E-state index is -4.04. The van der Waals surface area contributed by atoms with E-state index in [0.29, 0.717) is 12.3 Å². The lowest BCUT2D eigenvalue weighted by atomic mass is 9.71. The Hall–Kier alpha value is -0.470. The lowest BCUT2D eigenvalue weighted by molar-refractivity contribution is -0.175. The molecule has 1 unspecified atom stereocenters. The zero-order valence-corrected chi connectivity index (χ0v) is 16.0. The highest BCUT2D eigenvalue weighted by molar-refractivity contribution is 4.94. The Labute approximate surface area is 152 Å². The zero-order valence-electron chi connectivity index (χ0n) is 16.0. The molecule has 0 heterocycles. The van der Waals surface area contributed by atoms with Gasteiger partial charge < -0.3 is 0 Å². The van der Waals surface area contributed by atoms with Crippen LogP contribution in [0, 0.1) is 23.7 Å². The first-order valence-electron chi connectivity index (χ1n) is 10.7. The average molecular weight is 359 g/mol. The molecule has 0 spiro atoms. The molecule has 2 aliphatic rings. The molecule has 0 aliphatic heterocycles. The van der Waals surface area contributed by atoms with Gasteiger partial charge in [-0.2, -0.15) is 13.2 Å². The lowest BCUT2D eigenvalue weighted by Crippen LogP contribution is -2.23. The van der Waals surface area contributed by atoms with E-state index in [2.05, 4.69) is 6.08 Å². The molecule has 0 aromatic carbocycles. The fourth-order valence-electron chi connectivity index (χ4n) is 4.91. The maximum absolute atomic E-state index is 13.1. The summed E-state index contributed by atoms with van der Waals surface area (Å²) in [5, 5.41) is 0. The Morgan fingerprint density at radius 3 is 2.12 bits per heavy atom. The van der Waals surface area contributed by atoms with Gasteiger partial charge in [0, 0.05) is 0 Å². The smallest absolute Gasteiger partial charge is 0.171 e. The Morgan fingerprint density at radius 2 is 1.52 bits per heavy atom. The third-order valence-corrected chi connectivity index (χ3v) is 6.58. The number of allylic oxidation sites excluding steroid dienone is 2. The number of hydrogen-bond acceptors (Lipinski definition) is 0. The first-order valence-corrected chi connectivity index (χ1v) is 10.7. The van der Waals surface area contributed by atoms with Crippen LogP contribution in [0.2, 0.25) is 0 Å². The van der Waals surface area contributed by atoms with Gasteiger partial charge in [-0.25, -0.2) is 0 Å². The number of rotatable bonds is 8. The third kappa shape index (κ3) is 7.35. The summed E-state index contributed by atoms with van der Waals surface area (Å²) in [6.45, 7) is 2.03. The van der Waals surface area contributed by atoms with E-state index < -0.39 is 12.1 Å². The molecule has 0 aromatic rings. The molecule has 0 saturated heterocycles. The molecule has 25 heavy (non-hydrogen) atoms. The molecule has 2 aliphatic carbocycles. The lowest BCUT2D eigenvalue weighted by Gasteiger charge is -2.35. The largest absolute Gasteiger partial charge is 0.392 e. The molecule has 0 N–H and O–H groups in total. The third-order valence-electron chi connectivity index (χ3n) is 6.58. The summed E-state index contributed by atoms with van der Waals surface area (Å²) in [7, 11) is 0. The molecule has 0 aromatic heterocycles. The van der Waals surface area contributed by atoms with Gasteiger partial charge in [-0.05, 0) is 56.3 Å². The van der Waals surface area contributed by atoms with Gasteiger partial charge in [0.15, 0.2) is 0 Å². The van der Waals surface area contributed by atoms with Crippen molar-refractivity contribution in [3.63, 3.8) is 0 Å². The molecular formula is C22H37F3. The van der Waals surface area contributed by atoms with E-state index in [0.717, 1.165) is 24.7 Å². The van der Waals surface area contributed by atoms with Crippen molar-refractivity contribution in [2.75, 3.05) is 0 Å². The van der Waals surface area contributed by atoms with Gasteiger partial charge in [-0.3, -0.25) is 0 Å². The molecule has 2 rings (SSSR count). The topological polar surface area (TPSA) is 0 Å². The Balaban J connectivity index is 1.71.